The van der Waals surface area contributed by atoms with Crippen LogP contribution in [0.3, 0.4) is 0 Å². The Labute approximate surface area is 113 Å². The molecule has 0 atom stereocenters. The highest BCUT2D eigenvalue weighted by Gasteiger charge is 2.13. The number of hydrogen-bond donors (Lipinski definition) is 2. The van der Waals surface area contributed by atoms with Crippen molar-refractivity contribution in [2.45, 2.75) is 0 Å². The normalized spacial score (nSPS) is 10.7. The Bertz CT molecular complexity index is 609. The number of halogens is 3. The van der Waals surface area contributed by atoms with E-state index in [4.69, 9.17) is 35.4 Å². The number of benzene rings is 1. The molecule has 2 aromatic rings. The van der Waals surface area contributed by atoms with E-state index in [0.29, 0.717) is 15.7 Å². The third-order valence-corrected chi connectivity index (χ3v) is 3.21. The fourth-order valence-electron chi connectivity index (χ4n) is 1.26. The van der Waals surface area contributed by atoms with Gasteiger partial charge in [0.1, 0.15) is 0 Å². The van der Waals surface area contributed by atoms with E-state index in [0.717, 1.165) is 4.47 Å². The summed E-state index contributed by atoms with van der Waals surface area (Å²) in [4.78, 5) is 11.5. The molecule has 0 spiro atoms. The molecule has 0 unspecified atom stereocenters. The van der Waals surface area contributed by atoms with E-state index in [1.165, 1.54) is 4.57 Å². The molecule has 2 rings (SSSR count). The second kappa shape index (κ2) is 4.37. The Balaban J connectivity index is 2.85. The van der Waals surface area contributed by atoms with E-state index in [-0.39, 0.29) is 4.77 Å². The highest BCUT2D eigenvalue weighted by atomic mass is 79.9. The number of aromatic amines is 2. The molecule has 16 heavy (non-hydrogen) atoms. The van der Waals surface area contributed by atoms with Crippen LogP contribution in [0, 0.1) is 4.77 Å². The molecular formula is C8H4BrCl2N3OS. The first-order chi connectivity index (χ1) is 7.50. The average Bonchev–Trinajstić information content (AvgIpc) is 2.47. The van der Waals surface area contributed by atoms with Crippen LogP contribution in [-0.4, -0.2) is 14.8 Å². The molecule has 0 saturated carbocycles. The van der Waals surface area contributed by atoms with Crippen LogP contribution in [0.2, 0.25) is 10.0 Å². The van der Waals surface area contributed by atoms with Gasteiger partial charge in [0.2, 0.25) is 4.77 Å². The highest BCUT2D eigenvalue weighted by Crippen LogP contribution is 2.31. The Morgan fingerprint density at radius 2 is 1.81 bits per heavy atom. The van der Waals surface area contributed by atoms with Gasteiger partial charge in [-0.15, -0.1) is 0 Å². The van der Waals surface area contributed by atoms with Crippen molar-refractivity contribution in [3.8, 4) is 5.69 Å². The lowest BCUT2D eigenvalue weighted by atomic mass is 10.3. The molecule has 0 radical (unpaired) electrons. The van der Waals surface area contributed by atoms with Gasteiger partial charge in [0.15, 0.2) is 0 Å². The summed E-state index contributed by atoms with van der Waals surface area (Å²) in [6, 6.07) is 3.27. The summed E-state index contributed by atoms with van der Waals surface area (Å²) in [5.41, 5.74) is -0.0600. The quantitative estimate of drug-likeness (QED) is 0.782. The Kier molecular flexibility index (Phi) is 3.25. The minimum absolute atomic E-state index is 0.205. The Hall–Kier alpha value is -0.560. The molecule has 8 heteroatoms. The van der Waals surface area contributed by atoms with Crippen molar-refractivity contribution in [1.29, 1.82) is 0 Å². The van der Waals surface area contributed by atoms with Gasteiger partial charge in [-0.2, -0.15) is 0 Å². The average molecular weight is 341 g/mol. The SMILES string of the molecule is O=c1[nH][nH]c(=S)n1-c1c(Cl)cc(Br)cc1Cl. The lowest BCUT2D eigenvalue weighted by Crippen LogP contribution is -2.15. The van der Waals surface area contributed by atoms with Gasteiger partial charge in [0.05, 0.1) is 15.7 Å². The number of aromatic nitrogens is 3. The van der Waals surface area contributed by atoms with E-state index in [9.17, 15) is 4.79 Å². The molecule has 1 heterocycles. The lowest BCUT2D eigenvalue weighted by Gasteiger charge is -2.06. The largest absolute Gasteiger partial charge is 0.347 e. The summed E-state index contributed by atoms with van der Waals surface area (Å²) in [5.74, 6) is 0. The summed E-state index contributed by atoms with van der Waals surface area (Å²) < 4.78 is 2.13. The van der Waals surface area contributed by atoms with Crippen molar-refractivity contribution in [2.24, 2.45) is 0 Å². The van der Waals surface area contributed by atoms with Crippen molar-refractivity contribution in [3.63, 3.8) is 0 Å². The van der Waals surface area contributed by atoms with Gasteiger partial charge in [0.25, 0.3) is 0 Å². The maximum absolute atomic E-state index is 11.5. The third kappa shape index (κ3) is 1.98. The predicted octanol–water partition coefficient (Wildman–Crippen LogP) is 3.29. The number of hydrogen-bond acceptors (Lipinski definition) is 2. The number of H-pyrrole nitrogens is 2. The monoisotopic (exact) mass is 339 g/mol. The van der Waals surface area contributed by atoms with E-state index in [1.807, 2.05) is 0 Å². The number of nitrogens with zero attached hydrogens (tertiary/aromatic N) is 1. The molecule has 84 valence electrons. The van der Waals surface area contributed by atoms with Crippen LogP contribution in [0.1, 0.15) is 0 Å². The number of nitrogens with one attached hydrogen (secondary N) is 2. The van der Waals surface area contributed by atoms with Crippen LogP contribution < -0.4 is 5.69 Å². The first kappa shape index (κ1) is 11.9. The van der Waals surface area contributed by atoms with Crippen LogP contribution in [0.4, 0.5) is 0 Å². The van der Waals surface area contributed by atoms with Crippen molar-refractivity contribution >= 4 is 51.3 Å². The summed E-state index contributed by atoms with van der Waals surface area (Å²) in [6.45, 7) is 0. The van der Waals surface area contributed by atoms with E-state index in [2.05, 4.69) is 26.1 Å². The maximum Gasteiger partial charge on any atom is 0.347 e. The number of rotatable bonds is 1. The van der Waals surface area contributed by atoms with Gasteiger partial charge in [-0.25, -0.2) is 14.5 Å². The Morgan fingerprint density at radius 1 is 1.25 bits per heavy atom. The van der Waals surface area contributed by atoms with Crippen molar-refractivity contribution in [3.05, 3.63) is 41.9 Å². The summed E-state index contributed by atoms with van der Waals surface area (Å²) in [5, 5.41) is 5.54. The van der Waals surface area contributed by atoms with Crippen LogP contribution in [0.25, 0.3) is 5.69 Å². The standard InChI is InChI=1S/C8H4BrCl2N3OS/c9-3-1-4(10)6(5(11)2-3)14-7(15)12-13-8(14)16/h1-2H,(H,12,15)(H,13,16). The lowest BCUT2D eigenvalue weighted by molar-refractivity contribution is 0.975. The second-order valence-corrected chi connectivity index (χ2v) is 5.03. The highest BCUT2D eigenvalue weighted by molar-refractivity contribution is 9.10. The van der Waals surface area contributed by atoms with Gasteiger partial charge >= 0.3 is 5.69 Å². The Morgan fingerprint density at radius 3 is 2.25 bits per heavy atom. The first-order valence-electron chi connectivity index (χ1n) is 4.05. The molecule has 1 aromatic carbocycles. The molecule has 0 amide bonds. The smallest absolute Gasteiger partial charge is 0.272 e. The van der Waals surface area contributed by atoms with E-state index < -0.39 is 5.69 Å². The second-order valence-electron chi connectivity index (χ2n) is 2.91. The van der Waals surface area contributed by atoms with E-state index in [1.54, 1.807) is 12.1 Å². The summed E-state index contributed by atoms with van der Waals surface area (Å²) >= 11 is 20.2. The van der Waals surface area contributed by atoms with Gasteiger partial charge in [0, 0.05) is 4.47 Å². The molecule has 0 saturated heterocycles. The van der Waals surface area contributed by atoms with Crippen LogP contribution in [0.15, 0.2) is 21.4 Å². The minimum Gasteiger partial charge on any atom is -0.272 e. The van der Waals surface area contributed by atoms with Gasteiger partial charge in [-0.3, -0.25) is 5.10 Å². The van der Waals surface area contributed by atoms with Gasteiger partial charge in [-0.1, -0.05) is 39.1 Å². The summed E-state index contributed by atoms with van der Waals surface area (Å²) in [7, 11) is 0. The molecule has 0 aliphatic carbocycles. The van der Waals surface area contributed by atoms with Crippen LogP contribution in [0.5, 0.6) is 0 Å². The van der Waals surface area contributed by atoms with Gasteiger partial charge in [-0.05, 0) is 24.4 Å². The fourth-order valence-corrected chi connectivity index (χ4v) is 2.87. The van der Waals surface area contributed by atoms with Crippen molar-refractivity contribution in [2.75, 3.05) is 0 Å². The summed E-state index contributed by atoms with van der Waals surface area (Å²) in [6.07, 6.45) is 0. The molecule has 1 aromatic heterocycles. The van der Waals surface area contributed by atoms with Crippen LogP contribution >= 0.6 is 51.3 Å². The predicted molar refractivity (Wildman–Crippen MR) is 69.3 cm³/mol. The zero-order valence-corrected chi connectivity index (χ0v) is 11.5. The van der Waals surface area contributed by atoms with Crippen LogP contribution in [-0.2, 0) is 0 Å². The molecule has 4 nitrogen and oxygen atoms in total. The molecule has 0 fully saturated rings. The van der Waals surface area contributed by atoms with Gasteiger partial charge < -0.3 is 0 Å². The maximum atomic E-state index is 11.5. The molecule has 2 N–H and O–H groups in total. The molecule has 0 aliphatic rings. The molecule has 0 aliphatic heterocycles. The molecular weight excluding hydrogens is 337 g/mol. The van der Waals surface area contributed by atoms with Crippen molar-refractivity contribution in [1.82, 2.24) is 14.8 Å². The third-order valence-electron chi connectivity index (χ3n) is 1.89. The topological polar surface area (TPSA) is 53.6 Å². The van der Waals surface area contributed by atoms with E-state index >= 15 is 0 Å². The zero-order chi connectivity index (χ0) is 11.9. The first-order valence-corrected chi connectivity index (χ1v) is 6.01. The molecule has 0 bridgehead atoms. The fraction of sp³-hybridized carbons (Fsp3) is 0. The zero-order valence-electron chi connectivity index (χ0n) is 7.55. The van der Waals surface area contributed by atoms with Crippen molar-refractivity contribution < 1.29 is 0 Å². The minimum atomic E-state index is -0.420.